The van der Waals surface area contributed by atoms with Crippen molar-refractivity contribution in [2.75, 3.05) is 26.0 Å². The number of ether oxygens (including phenoxy) is 2. The predicted octanol–water partition coefficient (Wildman–Crippen LogP) is 3.68. The Morgan fingerprint density at radius 1 is 1.24 bits per heavy atom. The first-order valence-electron chi connectivity index (χ1n) is 8.11. The van der Waals surface area contributed by atoms with E-state index < -0.39 is 5.79 Å². The molecule has 1 aromatic carbocycles. The minimum absolute atomic E-state index is 0.142. The lowest BCUT2D eigenvalue weighted by Gasteiger charge is -2.23. The van der Waals surface area contributed by atoms with Gasteiger partial charge in [-0.15, -0.1) is 11.3 Å². The number of thiophene rings is 1. The largest absolute Gasteiger partial charge is 0.449 e. The highest BCUT2D eigenvalue weighted by Crippen LogP contribution is 2.40. The molecule has 1 aliphatic rings. The van der Waals surface area contributed by atoms with Crippen LogP contribution < -0.4 is 20.1 Å². The summed E-state index contributed by atoms with van der Waals surface area (Å²) >= 11 is 1.68. The number of fused-ring (bicyclic) bond motifs is 1. The van der Waals surface area contributed by atoms with Gasteiger partial charge >= 0.3 is 6.03 Å². The van der Waals surface area contributed by atoms with Gasteiger partial charge in [-0.1, -0.05) is 6.07 Å². The third-order valence-electron chi connectivity index (χ3n) is 3.86. The van der Waals surface area contributed by atoms with E-state index in [1.165, 1.54) is 4.88 Å². The molecule has 1 aliphatic heterocycles. The number of urea groups is 1. The Bertz CT molecular complexity index is 744. The summed E-state index contributed by atoms with van der Waals surface area (Å²) < 4.78 is 11.3. The SMILES string of the molecule is CN(C)C(CNC(=O)Nc1ccc2c(c1)OC(C)(C)O2)c1cccs1. The maximum Gasteiger partial charge on any atom is 0.319 e. The van der Waals surface area contributed by atoms with E-state index in [2.05, 4.69) is 21.6 Å². The maximum atomic E-state index is 12.2. The third-order valence-corrected chi connectivity index (χ3v) is 4.84. The second-order valence-corrected chi connectivity index (χ2v) is 7.57. The first-order chi connectivity index (χ1) is 11.8. The molecule has 1 unspecified atom stereocenters. The molecule has 2 amide bonds. The van der Waals surface area contributed by atoms with Crippen molar-refractivity contribution in [1.29, 1.82) is 0 Å². The molecule has 0 saturated heterocycles. The van der Waals surface area contributed by atoms with Gasteiger partial charge in [0.1, 0.15) is 0 Å². The van der Waals surface area contributed by atoms with Crippen molar-refractivity contribution in [2.24, 2.45) is 0 Å². The van der Waals surface area contributed by atoms with Gasteiger partial charge in [-0.05, 0) is 37.7 Å². The van der Waals surface area contributed by atoms with E-state index in [9.17, 15) is 4.79 Å². The van der Waals surface area contributed by atoms with Crippen LogP contribution in [0.5, 0.6) is 11.5 Å². The molecule has 2 heterocycles. The van der Waals surface area contributed by atoms with Crippen molar-refractivity contribution in [3.8, 4) is 11.5 Å². The topological polar surface area (TPSA) is 62.8 Å². The van der Waals surface area contributed by atoms with Gasteiger partial charge in [0.2, 0.25) is 5.79 Å². The minimum atomic E-state index is -0.678. The summed E-state index contributed by atoms with van der Waals surface area (Å²) in [6.07, 6.45) is 0. The maximum absolute atomic E-state index is 12.2. The minimum Gasteiger partial charge on any atom is -0.449 e. The molecule has 0 saturated carbocycles. The van der Waals surface area contributed by atoms with E-state index in [0.717, 1.165) is 0 Å². The van der Waals surface area contributed by atoms with Gasteiger partial charge in [-0.25, -0.2) is 4.79 Å². The summed E-state index contributed by atoms with van der Waals surface area (Å²) in [4.78, 5) is 15.5. The molecule has 7 heteroatoms. The van der Waals surface area contributed by atoms with E-state index in [4.69, 9.17) is 9.47 Å². The van der Waals surface area contributed by atoms with Gasteiger partial charge in [-0.3, -0.25) is 0 Å². The average molecular weight is 361 g/mol. The number of hydrogen-bond donors (Lipinski definition) is 2. The molecule has 3 rings (SSSR count). The summed E-state index contributed by atoms with van der Waals surface area (Å²) in [7, 11) is 4.01. The fourth-order valence-corrected chi connectivity index (χ4v) is 3.61. The number of carbonyl (C=O) groups is 1. The highest BCUT2D eigenvalue weighted by molar-refractivity contribution is 7.10. The molecule has 1 atom stereocenters. The quantitative estimate of drug-likeness (QED) is 0.853. The third kappa shape index (κ3) is 4.24. The summed E-state index contributed by atoms with van der Waals surface area (Å²) in [6.45, 7) is 4.22. The van der Waals surface area contributed by atoms with Crippen molar-refractivity contribution < 1.29 is 14.3 Å². The van der Waals surface area contributed by atoms with Crippen LogP contribution in [0.3, 0.4) is 0 Å². The first kappa shape index (κ1) is 17.6. The van der Waals surface area contributed by atoms with Gasteiger partial charge in [0.25, 0.3) is 0 Å². The molecule has 2 aromatic rings. The Labute approximate surface area is 151 Å². The Morgan fingerprint density at radius 3 is 2.68 bits per heavy atom. The number of rotatable bonds is 5. The number of amides is 2. The number of nitrogens with one attached hydrogen (secondary N) is 2. The van der Waals surface area contributed by atoms with Crippen LogP contribution in [0.1, 0.15) is 24.8 Å². The number of nitrogens with zero attached hydrogens (tertiary/aromatic N) is 1. The van der Waals surface area contributed by atoms with Crippen LogP contribution in [0.4, 0.5) is 10.5 Å². The smallest absolute Gasteiger partial charge is 0.319 e. The van der Waals surface area contributed by atoms with Crippen LogP contribution in [0.2, 0.25) is 0 Å². The molecule has 0 bridgehead atoms. The predicted molar refractivity (Wildman–Crippen MR) is 99.5 cm³/mol. The van der Waals surface area contributed by atoms with Gasteiger partial charge in [0.05, 0.1) is 6.04 Å². The fourth-order valence-electron chi connectivity index (χ4n) is 2.68. The summed E-state index contributed by atoms with van der Waals surface area (Å²) in [5.41, 5.74) is 0.662. The summed E-state index contributed by atoms with van der Waals surface area (Å²) in [5.74, 6) is 0.636. The van der Waals surface area contributed by atoms with Crippen LogP contribution in [0, 0.1) is 0 Å². The Hall–Kier alpha value is -2.25. The molecule has 134 valence electrons. The lowest BCUT2D eigenvalue weighted by atomic mass is 10.2. The fraction of sp³-hybridized carbons (Fsp3) is 0.389. The molecule has 2 N–H and O–H groups in total. The van der Waals surface area contributed by atoms with Gasteiger partial charge in [0, 0.05) is 37.0 Å². The number of benzene rings is 1. The van der Waals surface area contributed by atoms with Gasteiger partial charge in [-0.2, -0.15) is 0 Å². The van der Waals surface area contributed by atoms with Crippen molar-refractivity contribution in [1.82, 2.24) is 10.2 Å². The van der Waals surface area contributed by atoms with Crippen LogP contribution in [-0.4, -0.2) is 37.4 Å². The monoisotopic (exact) mass is 361 g/mol. The molecule has 0 fully saturated rings. The normalized spacial score (nSPS) is 15.9. The number of carbonyl (C=O) groups excluding carboxylic acids is 1. The highest BCUT2D eigenvalue weighted by Gasteiger charge is 2.31. The first-order valence-corrected chi connectivity index (χ1v) is 8.99. The van der Waals surface area contributed by atoms with Crippen molar-refractivity contribution in [3.63, 3.8) is 0 Å². The molecule has 25 heavy (non-hydrogen) atoms. The second kappa shape index (κ2) is 6.93. The molecule has 0 radical (unpaired) electrons. The van der Waals surface area contributed by atoms with Gasteiger partial charge < -0.3 is 25.0 Å². The molecular formula is C18H23N3O3S. The van der Waals surface area contributed by atoms with Crippen molar-refractivity contribution >= 4 is 23.1 Å². The second-order valence-electron chi connectivity index (χ2n) is 6.60. The zero-order chi connectivity index (χ0) is 18.0. The zero-order valence-corrected chi connectivity index (χ0v) is 15.6. The van der Waals surface area contributed by atoms with Crippen LogP contribution >= 0.6 is 11.3 Å². The van der Waals surface area contributed by atoms with Crippen LogP contribution in [0.15, 0.2) is 35.7 Å². The summed E-state index contributed by atoms with van der Waals surface area (Å²) in [6, 6.07) is 9.36. The Balaban J connectivity index is 1.58. The Morgan fingerprint density at radius 2 is 2.00 bits per heavy atom. The van der Waals surface area contributed by atoms with E-state index >= 15 is 0 Å². The summed E-state index contributed by atoms with van der Waals surface area (Å²) in [5, 5.41) is 7.81. The molecule has 6 nitrogen and oxygen atoms in total. The number of hydrogen-bond acceptors (Lipinski definition) is 5. The lowest BCUT2D eigenvalue weighted by molar-refractivity contribution is -0.0431. The van der Waals surface area contributed by atoms with Gasteiger partial charge in [0.15, 0.2) is 11.5 Å². The number of anilines is 1. The van der Waals surface area contributed by atoms with E-state index in [0.29, 0.717) is 23.7 Å². The lowest BCUT2D eigenvalue weighted by Crippen LogP contribution is -2.36. The molecule has 1 aromatic heterocycles. The number of likely N-dealkylation sites (N-methyl/N-ethyl adjacent to an activating group) is 1. The van der Waals surface area contributed by atoms with Crippen LogP contribution in [0.25, 0.3) is 0 Å². The average Bonchev–Trinajstić information content (AvgIpc) is 3.12. The highest BCUT2D eigenvalue weighted by atomic mass is 32.1. The van der Waals surface area contributed by atoms with E-state index in [1.54, 1.807) is 29.5 Å². The molecule has 0 spiro atoms. The van der Waals surface area contributed by atoms with E-state index in [1.807, 2.05) is 39.4 Å². The standard InChI is InChI=1S/C18H23N3O3S/c1-18(2)23-14-8-7-12(10-15(14)24-18)20-17(22)19-11-13(21(3)4)16-6-5-9-25-16/h5-10,13H,11H2,1-4H3,(H2,19,20,22). The van der Waals surface area contributed by atoms with E-state index in [-0.39, 0.29) is 12.1 Å². The van der Waals surface area contributed by atoms with Crippen LogP contribution in [-0.2, 0) is 0 Å². The molecular weight excluding hydrogens is 338 g/mol. The Kier molecular flexibility index (Phi) is 4.87. The molecule has 0 aliphatic carbocycles. The van der Waals surface area contributed by atoms with Crippen molar-refractivity contribution in [2.45, 2.75) is 25.7 Å². The zero-order valence-electron chi connectivity index (χ0n) is 14.8. The van der Waals surface area contributed by atoms with Crippen molar-refractivity contribution in [3.05, 3.63) is 40.6 Å².